The first kappa shape index (κ1) is 6.42. The van der Waals surface area contributed by atoms with E-state index in [2.05, 4.69) is 19.5 Å². The van der Waals surface area contributed by atoms with Crippen LogP contribution in [0.3, 0.4) is 0 Å². The molecule has 0 spiro atoms. The lowest BCUT2D eigenvalue weighted by Crippen LogP contribution is -1.94. The molecule has 2 aromatic rings. The van der Waals surface area contributed by atoms with Crippen molar-refractivity contribution in [1.29, 1.82) is 0 Å². The lowest BCUT2D eigenvalue weighted by atomic mass is 10.5. The molecule has 12 heavy (non-hydrogen) atoms. The van der Waals surface area contributed by atoms with Gasteiger partial charge in [0.2, 0.25) is 0 Å². The highest BCUT2D eigenvalue weighted by molar-refractivity contribution is 7.99. The van der Waals surface area contributed by atoms with Gasteiger partial charge in [-0.15, -0.1) is 0 Å². The molecule has 60 valence electrons. The zero-order valence-corrected chi connectivity index (χ0v) is 7.08. The van der Waals surface area contributed by atoms with E-state index in [0.29, 0.717) is 0 Å². The fraction of sp³-hybridized carbons (Fsp3) is 0.286. The summed E-state index contributed by atoms with van der Waals surface area (Å²) in [7, 11) is 0. The maximum atomic E-state index is 4.39. The van der Waals surface area contributed by atoms with Crippen LogP contribution in [0.4, 0.5) is 0 Å². The van der Waals surface area contributed by atoms with Crippen molar-refractivity contribution >= 4 is 22.9 Å². The van der Waals surface area contributed by atoms with Crippen molar-refractivity contribution in [2.45, 2.75) is 11.7 Å². The predicted octanol–water partition coefficient (Wildman–Crippen LogP) is 0.932. The van der Waals surface area contributed by atoms with Crippen LogP contribution in [0, 0.1) is 0 Å². The summed E-state index contributed by atoms with van der Waals surface area (Å²) >= 11 is 1.78. The van der Waals surface area contributed by atoms with E-state index in [1.54, 1.807) is 24.3 Å². The van der Waals surface area contributed by atoms with E-state index >= 15 is 0 Å². The molecule has 1 aliphatic rings. The van der Waals surface area contributed by atoms with Crippen LogP contribution >= 0.6 is 11.8 Å². The lowest BCUT2D eigenvalue weighted by molar-refractivity contribution is 0.735. The van der Waals surface area contributed by atoms with Crippen molar-refractivity contribution in [3.05, 3.63) is 12.5 Å². The summed E-state index contributed by atoms with van der Waals surface area (Å²) in [5.41, 5.74) is 1.87. The number of nitrogens with zero attached hydrogens (tertiary/aromatic N) is 4. The van der Waals surface area contributed by atoms with Crippen LogP contribution in [-0.2, 0) is 6.54 Å². The zero-order valence-electron chi connectivity index (χ0n) is 6.27. The highest BCUT2D eigenvalue weighted by Crippen LogP contribution is 2.27. The third kappa shape index (κ3) is 0.714. The zero-order chi connectivity index (χ0) is 7.97. The van der Waals surface area contributed by atoms with Gasteiger partial charge in [0, 0.05) is 12.3 Å². The summed E-state index contributed by atoms with van der Waals surface area (Å²) in [4.78, 5) is 12.5. The first-order valence-corrected chi connectivity index (χ1v) is 4.73. The van der Waals surface area contributed by atoms with Gasteiger partial charge in [0.25, 0.3) is 0 Å². The van der Waals surface area contributed by atoms with Crippen molar-refractivity contribution in [2.24, 2.45) is 0 Å². The molecule has 0 fully saturated rings. The van der Waals surface area contributed by atoms with E-state index in [9.17, 15) is 0 Å². The molecule has 0 saturated carbocycles. The molecule has 5 heteroatoms. The fourth-order valence-corrected chi connectivity index (χ4v) is 2.35. The normalized spacial score (nSPS) is 15.3. The standard InChI is InChI=1S/C7H6N4S/c1-2-12-7-10-5-3-8-4-9-6(5)11(1)7/h3-4H,1-2H2. The summed E-state index contributed by atoms with van der Waals surface area (Å²) < 4.78 is 2.14. The molecular formula is C7H6N4S. The van der Waals surface area contributed by atoms with Gasteiger partial charge in [0.15, 0.2) is 10.8 Å². The minimum Gasteiger partial charge on any atom is -0.303 e. The van der Waals surface area contributed by atoms with Crippen LogP contribution in [0.5, 0.6) is 0 Å². The summed E-state index contributed by atoms with van der Waals surface area (Å²) in [6.07, 6.45) is 3.33. The van der Waals surface area contributed by atoms with Gasteiger partial charge in [0.1, 0.15) is 11.8 Å². The van der Waals surface area contributed by atoms with Crippen LogP contribution in [-0.4, -0.2) is 25.3 Å². The Morgan fingerprint density at radius 2 is 2.50 bits per heavy atom. The average molecular weight is 178 g/mol. The van der Waals surface area contributed by atoms with E-state index in [0.717, 1.165) is 28.6 Å². The molecule has 0 aromatic carbocycles. The van der Waals surface area contributed by atoms with E-state index in [1.165, 1.54) is 0 Å². The van der Waals surface area contributed by atoms with Crippen molar-refractivity contribution in [3.8, 4) is 0 Å². The molecule has 0 N–H and O–H groups in total. The Morgan fingerprint density at radius 3 is 3.50 bits per heavy atom. The molecule has 0 amide bonds. The molecule has 2 aromatic heterocycles. The van der Waals surface area contributed by atoms with Crippen molar-refractivity contribution in [3.63, 3.8) is 0 Å². The highest BCUT2D eigenvalue weighted by atomic mass is 32.2. The largest absolute Gasteiger partial charge is 0.303 e. The van der Waals surface area contributed by atoms with Crippen LogP contribution in [0.2, 0.25) is 0 Å². The Labute approximate surface area is 73.0 Å². The molecule has 0 radical (unpaired) electrons. The van der Waals surface area contributed by atoms with Gasteiger partial charge in [-0.3, -0.25) is 0 Å². The van der Waals surface area contributed by atoms with Gasteiger partial charge in [-0.1, -0.05) is 11.8 Å². The summed E-state index contributed by atoms with van der Waals surface area (Å²) in [5, 5.41) is 1.07. The van der Waals surface area contributed by atoms with Crippen molar-refractivity contribution in [1.82, 2.24) is 19.5 Å². The van der Waals surface area contributed by atoms with Crippen molar-refractivity contribution in [2.75, 3.05) is 5.75 Å². The number of imidazole rings is 1. The summed E-state index contributed by atoms with van der Waals surface area (Å²) in [6, 6.07) is 0. The van der Waals surface area contributed by atoms with E-state index in [-0.39, 0.29) is 0 Å². The number of hydrogen-bond donors (Lipinski definition) is 0. The maximum absolute atomic E-state index is 4.39. The van der Waals surface area contributed by atoms with Gasteiger partial charge in [-0.25, -0.2) is 15.0 Å². The fourth-order valence-electron chi connectivity index (χ4n) is 1.40. The molecule has 0 atom stereocenters. The quantitative estimate of drug-likeness (QED) is 0.602. The van der Waals surface area contributed by atoms with Crippen LogP contribution in [0.1, 0.15) is 0 Å². The molecular weight excluding hydrogens is 172 g/mol. The Balaban J connectivity index is 2.44. The Morgan fingerprint density at radius 1 is 1.50 bits per heavy atom. The molecule has 3 heterocycles. The van der Waals surface area contributed by atoms with E-state index in [1.807, 2.05) is 0 Å². The number of aromatic nitrogens is 4. The van der Waals surface area contributed by atoms with Gasteiger partial charge < -0.3 is 4.57 Å². The molecule has 1 aliphatic heterocycles. The van der Waals surface area contributed by atoms with Gasteiger partial charge in [0.05, 0.1) is 6.20 Å². The smallest absolute Gasteiger partial charge is 0.170 e. The average Bonchev–Trinajstić information content (AvgIpc) is 2.62. The Bertz CT molecular complexity index is 436. The molecule has 0 unspecified atom stereocenters. The van der Waals surface area contributed by atoms with Crippen LogP contribution in [0.15, 0.2) is 17.7 Å². The number of hydrogen-bond acceptors (Lipinski definition) is 4. The second kappa shape index (κ2) is 2.20. The van der Waals surface area contributed by atoms with Gasteiger partial charge in [-0.2, -0.15) is 0 Å². The first-order chi connectivity index (χ1) is 5.95. The van der Waals surface area contributed by atoms with E-state index < -0.39 is 0 Å². The Hall–Kier alpha value is -1.10. The third-order valence-corrected chi connectivity index (χ3v) is 2.88. The second-order valence-corrected chi connectivity index (χ2v) is 3.69. The number of thioether (sulfide) groups is 1. The minimum absolute atomic E-state index is 0.903. The second-order valence-electron chi connectivity index (χ2n) is 2.63. The van der Waals surface area contributed by atoms with Gasteiger partial charge in [-0.05, 0) is 0 Å². The van der Waals surface area contributed by atoms with Crippen LogP contribution < -0.4 is 0 Å². The molecule has 0 bridgehead atoms. The van der Waals surface area contributed by atoms with E-state index in [4.69, 9.17) is 0 Å². The first-order valence-electron chi connectivity index (χ1n) is 3.74. The predicted molar refractivity (Wildman–Crippen MR) is 46.0 cm³/mol. The molecule has 0 aliphatic carbocycles. The molecule has 3 rings (SSSR count). The molecule has 0 saturated heterocycles. The van der Waals surface area contributed by atoms with Gasteiger partial charge >= 0.3 is 0 Å². The molecule has 4 nitrogen and oxygen atoms in total. The maximum Gasteiger partial charge on any atom is 0.170 e. The summed E-state index contributed by atoms with van der Waals surface area (Å²) in [5.74, 6) is 1.11. The number of fused-ring (bicyclic) bond motifs is 3. The highest BCUT2D eigenvalue weighted by Gasteiger charge is 2.16. The SMILES string of the molecule is c1ncc2nc3n(c2n1)CCS3. The minimum atomic E-state index is 0.903. The van der Waals surface area contributed by atoms with Crippen LogP contribution in [0.25, 0.3) is 11.2 Å². The topological polar surface area (TPSA) is 43.6 Å². The van der Waals surface area contributed by atoms with Crippen molar-refractivity contribution < 1.29 is 0 Å². The number of aryl methyl sites for hydroxylation is 1. The summed E-state index contributed by atoms with van der Waals surface area (Å²) in [6.45, 7) is 1.02. The third-order valence-electron chi connectivity index (χ3n) is 1.92. The monoisotopic (exact) mass is 178 g/mol. The Kier molecular flexibility index (Phi) is 1.17. The number of rotatable bonds is 0. The lowest BCUT2D eigenvalue weighted by Gasteiger charge is -1.93.